The van der Waals surface area contributed by atoms with Crippen molar-refractivity contribution in [1.29, 1.82) is 0 Å². The van der Waals surface area contributed by atoms with Gasteiger partial charge in [0.2, 0.25) is 17.7 Å². The molecule has 2 aromatic carbocycles. The largest absolute Gasteiger partial charge is 0.491 e. The molecule has 0 aliphatic carbocycles. The SMILES string of the molecule is CN1CCOc2ccccc2C(=O)N[C@H](C(=O)NCCN2CCCCC2)CCC(=O)N[C@@H](Cc2ccccc2)C1=O. The Morgan fingerprint density at radius 1 is 0.951 bits per heavy atom. The quantitative estimate of drug-likeness (QED) is 0.493. The van der Waals surface area contributed by atoms with Gasteiger partial charge in [-0.3, -0.25) is 19.2 Å². The zero-order chi connectivity index (χ0) is 29.0. The molecule has 0 unspecified atom stereocenters. The van der Waals surface area contributed by atoms with Gasteiger partial charge in [0.05, 0.1) is 12.1 Å². The van der Waals surface area contributed by atoms with E-state index >= 15 is 0 Å². The Morgan fingerprint density at radius 3 is 2.46 bits per heavy atom. The number of likely N-dealkylation sites (tertiary alicyclic amines) is 1. The Kier molecular flexibility index (Phi) is 11.1. The van der Waals surface area contributed by atoms with Crippen LogP contribution in [-0.4, -0.2) is 91.9 Å². The first kappa shape index (κ1) is 30.0. The minimum absolute atomic E-state index is 0.0368. The van der Waals surface area contributed by atoms with Crippen LogP contribution in [-0.2, 0) is 20.8 Å². The fourth-order valence-electron chi connectivity index (χ4n) is 5.19. The van der Waals surface area contributed by atoms with E-state index in [1.165, 1.54) is 11.3 Å². The van der Waals surface area contributed by atoms with Crippen LogP contribution in [0.15, 0.2) is 54.6 Å². The van der Waals surface area contributed by atoms with Crippen molar-refractivity contribution in [2.45, 2.75) is 50.6 Å². The lowest BCUT2D eigenvalue weighted by atomic mass is 10.0. The number of carbonyl (C=O) groups excluding carboxylic acids is 4. The van der Waals surface area contributed by atoms with E-state index in [2.05, 4.69) is 20.9 Å². The number of nitrogens with one attached hydrogen (secondary N) is 3. The molecule has 41 heavy (non-hydrogen) atoms. The van der Waals surface area contributed by atoms with E-state index in [1.54, 1.807) is 31.3 Å². The topological polar surface area (TPSA) is 120 Å². The molecular weight excluding hydrogens is 522 g/mol. The van der Waals surface area contributed by atoms with Gasteiger partial charge >= 0.3 is 0 Å². The molecule has 0 bridgehead atoms. The van der Waals surface area contributed by atoms with Crippen molar-refractivity contribution in [2.75, 3.05) is 46.4 Å². The monoisotopic (exact) mass is 563 g/mol. The van der Waals surface area contributed by atoms with Crippen LogP contribution in [0.1, 0.15) is 48.0 Å². The number of hydrogen-bond donors (Lipinski definition) is 3. The molecule has 3 N–H and O–H groups in total. The fraction of sp³-hybridized carbons (Fsp3) is 0.484. The number of ether oxygens (including phenoxy) is 1. The van der Waals surface area contributed by atoms with Crippen molar-refractivity contribution < 1.29 is 23.9 Å². The molecule has 0 spiro atoms. The summed E-state index contributed by atoms with van der Waals surface area (Å²) in [5.41, 5.74) is 1.20. The first-order valence-corrected chi connectivity index (χ1v) is 14.5. The second-order valence-corrected chi connectivity index (χ2v) is 10.7. The Bertz CT molecular complexity index is 1180. The number of piperidine rings is 1. The predicted molar refractivity (Wildman–Crippen MR) is 155 cm³/mol. The third-order valence-electron chi connectivity index (χ3n) is 7.57. The molecule has 4 rings (SSSR count). The van der Waals surface area contributed by atoms with E-state index in [0.29, 0.717) is 18.7 Å². The van der Waals surface area contributed by atoms with Crippen LogP contribution in [0.5, 0.6) is 5.75 Å². The van der Waals surface area contributed by atoms with E-state index < -0.39 is 18.0 Å². The molecule has 2 aliphatic rings. The average molecular weight is 564 g/mol. The van der Waals surface area contributed by atoms with E-state index in [-0.39, 0.29) is 49.3 Å². The number of benzene rings is 2. The van der Waals surface area contributed by atoms with Gasteiger partial charge in [0.15, 0.2) is 0 Å². The van der Waals surface area contributed by atoms with Crippen LogP contribution >= 0.6 is 0 Å². The summed E-state index contributed by atoms with van der Waals surface area (Å²) >= 11 is 0. The number of amides is 4. The van der Waals surface area contributed by atoms with Gasteiger partial charge in [-0.2, -0.15) is 0 Å². The van der Waals surface area contributed by atoms with Gasteiger partial charge in [-0.15, -0.1) is 0 Å². The van der Waals surface area contributed by atoms with Gasteiger partial charge in [0.25, 0.3) is 5.91 Å². The van der Waals surface area contributed by atoms with E-state index in [1.807, 2.05) is 30.3 Å². The summed E-state index contributed by atoms with van der Waals surface area (Å²) in [7, 11) is 1.66. The molecule has 0 saturated carbocycles. The lowest BCUT2D eigenvalue weighted by Gasteiger charge is -2.27. The fourth-order valence-corrected chi connectivity index (χ4v) is 5.19. The Balaban J connectivity index is 1.50. The van der Waals surface area contributed by atoms with Crippen LogP contribution in [0.25, 0.3) is 0 Å². The standard InChI is InChI=1S/C31H41N5O5/c1-35-20-21-41-27-13-7-6-12-24(27)29(38)34-25(30(39)32-16-19-36-17-8-3-9-18-36)14-15-28(37)33-26(31(35)40)22-23-10-4-2-5-11-23/h2,4-7,10-13,25-26H,3,8-9,14-22H2,1H3,(H,32,39)(H,33,37)(H,34,38)/t25-,26-/m0/s1. The van der Waals surface area contributed by atoms with E-state index in [9.17, 15) is 19.2 Å². The van der Waals surface area contributed by atoms with E-state index in [4.69, 9.17) is 4.74 Å². The summed E-state index contributed by atoms with van der Waals surface area (Å²) in [6.45, 7) is 3.64. The molecule has 220 valence electrons. The molecule has 10 heteroatoms. The summed E-state index contributed by atoms with van der Waals surface area (Å²) < 4.78 is 5.91. The Morgan fingerprint density at radius 2 is 1.68 bits per heavy atom. The third-order valence-corrected chi connectivity index (χ3v) is 7.57. The number of carbonyl (C=O) groups is 4. The van der Waals surface area contributed by atoms with Gasteiger partial charge in [-0.05, 0) is 50.0 Å². The van der Waals surface area contributed by atoms with Crippen LogP contribution in [0, 0.1) is 0 Å². The highest BCUT2D eigenvalue weighted by Gasteiger charge is 2.28. The van der Waals surface area contributed by atoms with Crippen molar-refractivity contribution in [2.24, 2.45) is 0 Å². The summed E-state index contributed by atoms with van der Waals surface area (Å²) in [5.74, 6) is -1.05. The first-order valence-electron chi connectivity index (χ1n) is 14.5. The minimum atomic E-state index is -0.932. The summed E-state index contributed by atoms with van der Waals surface area (Å²) in [5, 5.41) is 8.62. The van der Waals surface area contributed by atoms with Gasteiger partial charge < -0.3 is 30.5 Å². The van der Waals surface area contributed by atoms with Crippen molar-refractivity contribution >= 4 is 23.6 Å². The first-order chi connectivity index (χ1) is 19.9. The molecular formula is C31H41N5O5. The molecule has 2 aromatic rings. The van der Waals surface area contributed by atoms with E-state index in [0.717, 1.165) is 38.0 Å². The van der Waals surface area contributed by atoms with Crippen molar-refractivity contribution in [3.8, 4) is 5.75 Å². The second kappa shape index (κ2) is 15.2. The molecule has 1 fully saturated rings. The minimum Gasteiger partial charge on any atom is -0.491 e. The number of nitrogens with zero attached hydrogens (tertiary/aromatic N) is 2. The number of para-hydroxylation sites is 1. The maximum Gasteiger partial charge on any atom is 0.255 e. The zero-order valence-electron chi connectivity index (χ0n) is 23.8. The number of rotatable bonds is 6. The number of fused-ring (bicyclic) bond motifs is 1. The highest BCUT2D eigenvalue weighted by atomic mass is 16.5. The Hall–Kier alpha value is -3.92. The lowest BCUT2D eigenvalue weighted by molar-refractivity contribution is -0.135. The maximum absolute atomic E-state index is 13.4. The zero-order valence-corrected chi connectivity index (χ0v) is 23.8. The maximum atomic E-state index is 13.4. The van der Waals surface area contributed by atoms with Gasteiger partial charge in [-0.1, -0.05) is 48.9 Å². The molecule has 0 aromatic heterocycles. The van der Waals surface area contributed by atoms with Gasteiger partial charge in [0, 0.05) is 33.0 Å². The van der Waals surface area contributed by atoms with Crippen LogP contribution < -0.4 is 20.7 Å². The normalized spacial score (nSPS) is 21.4. The number of likely N-dealkylation sites (N-methyl/N-ethyl adjacent to an activating group) is 1. The summed E-state index contributed by atoms with van der Waals surface area (Å²) in [4.78, 5) is 56.8. The van der Waals surface area contributed by atoms with Crippen LogP contribution in [0.4, 0.5) is 0 Å². The number of hydrogen-bond acceptors (Lipinski definition) is 6. The van der Waals surface area contributed by atoms with Gasteiger partial charge in [-0.25, -0.2) is 0 Å². The Labute approximate surface area is 241 Å². The van der Waals surface area contributed by atoms with Crippen molar-refractivity contribution in [3.63, 3.8) is 0 Å². The van der Waals surface area contributed by atoms with Crippen molar-refractivity contribution in [3.05, 3.63) is 65.7 Å². The molecule has 0 radical (unpaired) electrons. The van der Waals surface area contributed by atoms with Gasteiger partial charge in [0.1, 0.15) is 24.4 Å². The average Bonchev–Trinajstić information content (AvgIpc) is 2.99. The molecule has 1 saturated heterocycles. The molecule has 4 amide bonds. The highest BCUT2D eigenvalue weighted by molar-refractivity contribution is 5.99. The highest BCUT2D eigenvalue weighted by Crippen LogP contribution is 2.19. The lowest BCUT2D eigenvalue weighted by Crippen LogP contribution is -2.50. The molecule has 2 atom stereocenters. The molecule has 2 aliphatic heterocycles. The van der Waals surface area contributed by atoms with Crippen molar-refractivity contribution in [1.82, 2.24) is 25.8 Å². The smallest absolute Gasteiger partial charge is 0.255 e. The predicted octanol–water partition coefficient (Wildman–Crippen LogP) is 1.75. The summed E-state index contributed by atoms with van der Waals surface area (Å²) in [6, 6.07) is 14.6. The molecule has 2 heterocycles. The summed E-state index contributed by atoms with van der Waals surface area (Å²) in [6.07, 6.45) is 3.93. The van der Waals surface area contributed by atoms with Crippen LogP contribution in [0.2, 0.25) is 0 Å². The second-order valence-electron chi connectivity index (χ2n) is 10.7. The van der Waals surface area contributed by atoms with Crippen LogP contribution in [0.3, 0.4) is 0 Å². The molecule has 10 nitrogen and oxygen atoms in total. The third kappa shape index (κ3) is 9.04.